The first-order valence-corrected chi connectivity index (χ1v) is 7.06. The summed E-state index contributed by atoms with van der Waals surface area (Å²) in [5.74, 6) is 0.132. The molecule has 0 spiro atoms. The van der Waals surface area contributed by atoms with Gasteiger partial charge in [0.15, 0.2) is 0 Å². The van der Waals surface area contributed by atoms with E-state index in [2.05, 4.69) is 31.4 Å². The number of hydrogen-bond acceptors (Lipinski definition) is 2. The zero-order valence-electron chi connectivity index (χ0n) is 11.6. The number of amides is 1. The van der Waals surface area contributed by atoms with Gasteiger partial charge in [-0.05, 0) is 31.6 Å². The van der Waals surface area contributed by atoms with E-state index in [9.17, 15) is 4.79 Å². The van der Waals surface area contributed by atoms with Crippen molar-refractivity contribution >= 4 is 5.91 Å². The summed E-state index contributed by atoms with van der Waals surface area (Å²) in [7, 11) is 0. The van der Waals surface area contributed by atoms with Gasteiger partial charge in [-0.1, -0.05) is 33.1 Å². The standard InChI is InChI=1S/C14H28N2O/c1-4-7-12(2)16-13(17)10-15-11-14(3)8-5-6-9-14/h12,15H,4-11H2,1-3H3,(H,16,17). The molecule has 2 N–H and O–H groups in total. The highest BCUT2D eigenvalue weighted by Crippen LogP contribution is 2.36. The van der Waals surface area contributed by atoms with Crippen molar-refractivity contribution in [3.63, 3.8) is 0 Å². The average Bonchev–Trinajstić information content (AvgIpc) is 2.65. The van der Waals surface area contributed by atoms with E-state index in [1.807, 2.05) is 0 Å². The normalized spacial score (nSPS) is 20.2. The molecule has 17 heavy (non-hydrogen) atoms. The number of carbonyl (C=O) groups excluding carboxylic acids is 1. The summed E-state index contributed by atoms with van der Waals surface area (Å²) in [6, 6.07) is 0.302. The van der Waals surface area contributed by atoms with Crippen molar-refractivity contribution in [3.8, 4) is 0 Å². The molecule has 1 rings (SSSR count). The van der Waals surface area contributed by atoms with E-state index < -0.39 is 0 Å². The van der Waals surface area contributed by atoms with Crippen LogP contribution in [0.25, 0.3) is 0 Å². The van der Waals surface area contributed by atoms with Crippen LogP contribution in [0.15, 0.2) is 0 Å². The van der Waals surface area contributed by atoms with E-state index in [1.165, 1.54) is 25.7 Å². The van der Waals surface area contributed by atoms with Crippen LogP contribution in [0, 0.1) is 5.41 Å². The van der Waals surface area contributed by atoms with Crippen molar-refractivity contribution in [2.24, 2.45) is 5.41 Å². The molecule has 3 heteroatoms. The van der Waals surface area contributed by atoms with E-state index in [1.54, 1.807) is 0 Å². The summed E-state index contributed by atoms with van der Waals surface area (Å²) >= 11 is 0. The predicted octanol–water partition coefficient (Wildman–Crippen LogP) is 2.46. The zero-order chi connectivity index (χ0) is 12.7. The Bertz CT molecular complexity index is 234. The molecule has 1 aliphatic carbocycles. The third-order valence-electron chi connectivity index (χ3n) is 3.78. The van der Waals surface area contributed by atoms with Crippen LogP contribution in [0.2, 0.25) is 0 Å². The molecule has 3 nitrogen and oxygen atoms in total. The zero-order valence-corrected chi connectivity index (χ0v) is 11.6. The summed E-state index contributed by atoms with van der Waals surface area (Å²) in [4.78, 5) is 11.6. The molecule has 1 aliphatic rings. The fraction of sp³-hybridized carbons (Fsp3) is 0.929. The molecule has 1 saturated carbocycles. The van der Waals surface area contributed by atoms with Gasteiger partial charge in [0, 0.05) is 12.6 Å². The van der Waals surface area contributed by atoms with Crippen molar-refractivity contribution in [3.05, 3.63) is 0 Å². The molecule has 0 radical (unpaired) electrons. The van der Waals surface area contributed by atoms with Crippen molar-refractivity contribution in [1.29, 1.82) is 0 Å². The first kappa shape index (κ1) is 14.5. The third-order valence-corrected chi connectivity index (χ3v) is 3.78. The second-order valence-electron chi connectivity index (χ2n) is 5.88. The van der Waals surface area contributed by atoms with Crippen molar-refractivity contribution < 1.29 is 4.79 Å². The highest BCUT2D eigenvalue weighted by atomic mass is 16.1. The molecule has 0 aliphatic heterocycles. The van der Waals surface area contributed by atoms with Gasteiger partial charge in [-0.15, -0.1) is 0 Å². The number of nitrogens with one attached hydrogen (secondary N) is 2. The minimum atomic E-state index is 0.132. The first-order valence-electron chi connectivity index (χ1n) is 7.06. The lowest BCUT2D eigenvalue weighted by atomic mass is 9.89. The van der Waals surface area contributed by atoms with Gasteiger partial charge in [0.1, 0.15) is 0 Å². The second-order valence-corrected chi connectivity index (χ2v) is 5.88. The van der Waals surface area contributed by atoms with E-state index in [4.69, 9.17) is 0 Å². The first-order chi connectivity index (χ1) is 8.06. The Labute approximate surface area is 106 Å². The third kappa shape index (κ3) is 5.53. The SMILES string of the molecule is CCCC(C)NC(=O)CNCC1(C)CCCC1. The lowest BCUT2D eigenvalue weighted by Crippen LogP contribution is -2.41. The molecule has 0 heterocycles. The number of hydrogen-bond donors (Lipinski definition) is 2. The Balaban J connectivity index is 2.11. The molecular weight excluding hydrogens is 212 g/mol. The molecule has 1 atom stereocenters. The van der Waals surface area contributed by atoms with Crippen molar-refractivity contribution in [1.82, 2.24) is 10.6 Å². The van der Waals surface area contributed by atoms with Gasteiger partial charge >= 0.3 is 0 Å². The minimum Gasteiger partial charge on any atom is -0.353 e. The molecule has 100 valence electrons. The summed E-state index contributed by atoms with van der Waals surface area (Å²) in [6.07, 6.45) is 7.47. The fourth-order valence-corrected chi connectivity index (χ4v) is 2.71. The summed E-state index contributed by atoms with van der Waals surface area (Å²) in [5, 5.41) is 6.32. The van der Waals surface area contributed by atoms with Crippen molar-refractivity contribution in [2.75, 3.05) is 13.1 Å². The summed E-state index contributed by atoms with van der Waals surface area (Å²) < 4.78 is 0. The lowest BCUT2D eigenvalue weighted by molar-refractivity contribution is -0.120. The smallest absolute Gasteiger partial charge is 0.234 e. The highest BCUT2D eigenvalue weighted by molar-refractivity contribution is 5.78. The van der Waals surface area contributed by atoms with Crippen LogP contribution in [0.1, 0.15) is 59.3 Å². The Morgan fingerprint density at radius 3 is 2.59 bits per heavy atom. The van der Waals surface area contributed by atoms with Gasteiger partial charge in [0.05, 0.1) is 6.54 Å². The average molecular weight is 240 g/mol. The van der Waals surface area contributed by atoms with Gasteiger partial charge < -0.3 is 10.6 Å². The molecule has 1 unspecified atom stereocenters. The quantitative estimate of drug-likeness (QED) is 0.718. The van der Waals surface area contributed by atoms with E-state index in [-0.39, 0.29) is 5.91 Å². The highest BCUT2D eigenvalue weighted by Gasteiger charge is 2.28. The van der Waals surface area contributed by atoms with Crippen LogP contribution in [0.3, 0.4) is 0 Å². The number of carbonyl (C=O) groups is 1. The van der Waals surface area contributed by atoms with Crippen molar-refractivity contribution in [2.45, 2.75) is 65.3 Å². The minimum absolute atomic E-state index is 0.132. The second kappa shape index (κ2) is 7.00. The van der Waals surface area contributed by atoms with Crippen LogP contribution in [0.5, 0.6) is 0 Å². The summed E-state index contributed by atoms with van der Waals surface area (Å²) in [5.41, 5.74) is 0.426. The Kier molecular flexibility index (Phi) is 5.96. The van der Waals surface area contributed by atoms with Gasteiger partial charge in [0.25, 0.3) is 0 Å². The topological polar surface area (TPSA) is 41.1 Å². The molecule has 0 saturated heterocycles. The molecule has 0 aromatic rings. The van der Waals surface area contributed by atoms with E-state index in [0.717, 1.165) is 19.4 Å². The van der Waals surface area contributed by atoms with Crippen LogP contribution in [-0.2, 0) is 4.79 Å². The Morgan fingerprint density at radius 1 is 1.35 bits per heavy atom. The predicted molar refractivity (Wildman–Crippen MR) is 72.0 cm³/mol. The molecule has 0 bridgehead atoms. The molecular formula is C14H28N2O. The van der Waals surface area contributed by atoms with Crippen LogP contribution in [-0.4, -0.2) is 25.0 Å². The monoisotopic (exact) mass is 240 g/mol. The van der Waals surface area contributed by atoms with E-state index in [0.29, 0.717) is 18.0 Å². The van der Waals surface area contributed by atoms with Crippen LogP contribution < -0.4 is 10.6 Å². The molecule has 0 aromatic heterocycles. The van der Waals surface area contributed by atoms with E-state index >= 15 is 0 Å². The molecule has 1 fully saturated rings. The van der Waals surface area contributed by atoms with Crippen LogP contribution in [0.4, 0.5) is 0 Å². The maximum absolute atomic E-state index is 11.6. The Morgan fingerprint density at radius 2 is 2.00 bits per heavy atom. The maximum Gasteiger partial charge on any atom is 0.234 e. The summed E-state index contributed by atoms with van der Waals surface area (Å²) in [6.45, 7) is 7.97. The van der Waals surface area contributed by atoms with Gasteiger partial charge in [-0.3, -0.25) is 4.79 Å². The van der Waals surface area contributed by atoms with Gasteiger partial charge in [0.2, 0.25) is 5.91 Å². The fourth-order valence-electron chi connectivity index (χ4n) is 2.71. The van der Waals surface area contributed by atoms with Crippen LogP contribution >= 0.6 is 0 Å². The maximum atomic E-state index is 11.6. The van der Waals surface area contributed by atoms with Gasteiger partial charge in [-0.2, -0.15) is 0 Å². The largest absolute Gasteiger partial charge is 0.353 e. The molecule has 0 aromatic carbocycles. The number of rotatable bonds is 7. The Hall–Kier alpha value is -0.570. The van der Waals surface area contributed by atoms with Gasteiger partial charge in [-0.25, -0.2) is 0 Å². The lowest BCUT2D eigenvalue weighted by Gasteiger charge is -2.23. The molecule has 1 amide bonds.